The molecule has 0 aromatic heterocycles. The van der Waals surface area contributed by atoms with Crippen LogP contribution in [0.5, 0.6) is 0 Å². The normalized spacial score (nSPS) is 12.2. The second kappa shape index (κ2) is 64.2. The summed E-state index contributed by atoms with van der Waals surface area (Å²) in [6.45, 7) is 6.60. The van der Waals surface area contributed by atoms with E-state index in [9.17, 15) is 14.4 Å². The van der Waals surface area contributed by atoms with Gasteiger partial charge in [0.1, 0.15) is 13.2 Å². The van der Waals surface area contributed by atoms with Crippen LogP contribution in [0, 0.1) is 0 Å². The van der Waals surface area contributed by atoms with Gasteiger partial charge in [0.2, 0.25) is 0 Å². The molecule has 6 nitrogen and oxygen atoms in total. The van der Waals surface area contributed by atoms with E-state index in [1.807, 2.05) is 0 Å². The van der Waals surface area contributed by atoms with E-state index < -0.39 is 6.10 Å². The molecule has 6 heteroatoms. The molecule has 75 heavy (non-hydrogen) atoms. The highest BCUT2D eigenvalue weighted by molar-refractivity contribution is 5.71. The number of ether oxygens (including phenoxy) is 3. The Kier molecular flexibility index (Phi) is 62.1. The molecular formula is C69H128O6. The van der Waals surface area contributed by atoms with E-state index >= 15 is 0 Å². The van der Waals surface area contributed by atoms with Crippen molar-refractivity contribution >= 4 is 17.9 Å². The van der Waals surface area contributed by atoms with Crippen molar-refractivity contribution in [2.45, 2.75) is 374 Å². The van der Waals surface area contributed by atoms with Crippen LogP contribution in [-0.2, 0) is 28.6 Å². The van der Waals surface area contributed by atoms with Gasteiger partial charge in [-0.1, -0.05) is 308 Å². The van der Waals surface area contributed by atoms with Gasteiger partial charge in [-0.05, 0) is 77.0 Å². The van der Waals surface area contributed by atoms with Gasteiger partial charge in [0.05, 0.1) is 0 Å². The lowest BCUT2D eigenvalue weighted by atomic mass is 10.0. The van der Waals surface area contributed by atoms with Crippen LogP contribution >= 0.6 is 0 Å². The highest BCUT2D eigenvalue weighted by atomic mass is 16.6. The monoisotopic (exact) mass is 1050 g/mol. The Labute approximate surface area is 467 Å². The fourth-order valence-corrected chi connectivity index (χ4v) is 10.1. The Morgan fingerprint density at radius 1 is 0.267 bits per heavy atom. The maximum absolute atomic E-state index is 12.8. The van der Waals surface area contributed by atoms with Crippen molar-refractivity contribution in [3.8, 4) is 0 Å². The average molecular weight is 1050 g/mol. The van der Waals surface area contributed by atoms with Crippen molar-refractivity contribution in [3.63, 3.8) is 0 Å². The number of carbonyl (C=O) groups excluding carboxylic acids is 3. The van der Waals surface area contributed by atoms with E-state index in [1.165, 1.54) is 250 Å². The molecule has 0 aliphatic carbocycles. The van der Waals surface area contributed by atoms with E-state index in [-0.39, 0.29) is 31.1 Å². The number of hydrogen-bond donors (Lipinski definition) is 0. The molecule has 0 aromatic rings. The second-order valence-corrected chi connectivity index (χ2v) is 22.7. The summed E-state index contributed by atoms with van der Waals surface area (Å²) >= 11 is 0. The number of carbonyl (C=O) groups is 3. The van der Waals surface area contributed by atoms with E-state index in [1.54, 1.807) is 0 Å². The third-order valence-electron chi connectivity index (χ3n) is 15.1. The smallest absolute Gasteiger partial charge is 0.306 e. The molecule has 0 aliphatic rings. The third kappa shape index (κ3) is 62.4. The summed E-state index contributed by atoms with van der Waals surface area (Å²) in [6, 6.07) is 0. The van der Waals surface area contributed by atoms with Gasteiger partial charge in [0.25, 0.3) is 0 Å². The minimum Gasteiger partial charge on any atom is -0.462 e. The highest BCUT2D eigenvalue weighted by Crippen LogP contribution is 2.18. The SMILES string of the molecule is CCCCCC/C=C\C/C=C\CCCCCCCC(=O)OC(COC(=O)CCCCCCCC)COC(=O)CCCCCCCCCCCCCCCCCCCCCCCCC/C=C\CCCCCCCCCC. The van der Waals surface area contributed by atoms with Crippen molar-refractivity contribution in [3.05, 3.63) is 36.5 Å². The fourth-order valence-electron chi connectivity index (χ4n) is 10.1. The summed E-state index contributed by atoms with van der Waals surface area (Å²) in [6.07, 6.45) is 79.4. The molecule has 0 saturated heterocycles. The average Bonchev–Trinajstić information content (AvgIpc) is 3.41. The number of esters is 3. The standard InChI is InChI=1S/C69H128O6/c1-4-7-10-13-16-18-20-22-24-26-27-28-29-30-31-32-33-34-35-36-37-38-39-40-41-42-43-44-46-47-49-51-53-56-59-62-68(71)74-65-66(64-73-67(70)61-58-55-15-12-9-6-3)75-69(72)63-60-57-54-52-50-48-45-25-23-21-19-17-14-11-8-5-2/h19,21,25-27,45,66H,4-18,20,22-24,28-44,46-65H2,1-3H3/b21-19-,27-26-,45-25-. The molecule has 440 valence electrons. The molecule has 0 N–H and O–H groups in total. The van der Waals surface area contributed by atoms with Crippen LogP contribution in [0.2, 0.25) is 0 Å². The zero-order chi connectivity index (χ0) is 54.3. The number of unbranched alkanes of at least 4 members (excludes halogenated alkanes) is 45. The molecule has 0 amide bonds. The van der Waals surface area contributed by atoms with Crippen LogP contribution in [0.3, 0.4) is 0 Å². The lowest BCUT2D eigenvalue weighted by Gasteiger charge is -2.18. The molecule has 1 atom stereocenters. The third-order valence-corrected chi connectivity index (χ3v) is 15.1. The molecule has 1 unspecified atom stereocenters. The van der Waals surface area contributed by atoms with Crippen LogP contribution in [0.4, 0.5) is 0 Å². The van der Waals surface area contributed by atoms with Gasteiger partial charge in [-0.3, -0.25) is 14.4 Å². The van der Waals surface area contributed by atoms with E-state index in [0.717, 1.165) is 77.0 Å². The quantitative estimate of drug-likeness (QED) is 0.0261. The predicted octanol–water partition coefficient (Wildman–Crippen LogP) is 22.8. The van der Waals surface area contributed by atoms with Crippen LogP contribution in [-0.4, -0.2) is 37.2 Å². The molecular weight excluding hydrogens is 925 g/mol. The minimum atomic E-state index is -0.774. The molecule has 0 aromatic carbocycles. The fraction of sp³-hybridized carbons (Fsp3) is 0.870. The largest absolute Gasteiger partial charge is 0.462 e. The zero-order valence-corrected chi connectivity index (χ0v) is 50.6. The first-order valence-electron chi connectivity index (χ1n) is 33.5. The second-order valence-electron chi connectivity index (χ2n) is 22.7. The van der Waals surface area contributed by atoms with Gasteiger partial charge < -0.3 is 14.2 Å². The van der Waals surface area contributed by atoms with Gasteiger partial charge in [-0.25, -0.2) is 0 Å². The number of allylic oxidation sites excluding steroid dienone is 6. The van der Waals surface area contributed by atoms with Crippen molar-refractivity contribution in [2.75, 3.05) is 13.2 Å². The van der Waals surface area contributed by atoms with Crippen LogP contribution in [0.25, 0.3) is 0 Å². The summed E-state index contributed by atoms with van der Waals surface area (Å²) < 4.78 is 16.8. The van der Waals surface area contributed by atoms with Gasteiger partial charge in [-0.15, -0.1) is 0 Å². The Bertz CT molecular complexity index is 1250. The molecule has 0 heterocycles. The van der Waals surface area contributed by atoms with Crippen molar-refractivity contribution < 1.29 is 28.6 Å². The first-order chi connectivity index (χ1) is 37.0. The first kappa shape index (κ1) is 72.6. The summed E-state index contributed by atoms with van der Waals surface area (Å²) in [5.41, 5.74) is 0. The topological polar surface area (TPSA) is 78.9 Å². The molecule has 0 spiro atoms. The minimum absolute atomic E-state index is 0.0737. The summed E-state index contributed by atoms with van der Waals surface area (Å²) in [5, 5.41) is 0. The Balaban J connectivity index is 3.89. The number of rotatable bonds is 62. The molecule has 0 bridgehead atoms. The van der Waals surface area contributed by atoms with Gasteiger partial charge in [0.15, 0.2) is 6.10 Å². The van der Waals surface area contributed by atoms with Crippen LogP contribution < -0.4 is 0 Å². The molecule has 0 aliphatic heterocycles. The molecule has 0 rings (SSSR count). The van der Waals surface area contributed by atoms with Gasteiger partial charge in [0, 0.05) is 19.3 Å². The maximum atomic E-state index is 12.8. The lowest BCUT2D eigenvalue weighted by molar-refractivity contribution is -0.167. The lowest BCUT2D eigenvalue weighted by Crippen LogP contribution is -2.30. The van der Waals surface area contributed by atoms with Crippen LogP contribution in [0.15, 0.2) is 36.5 Å². The van der Waals surface area contributed by atoms with Crippen molar-refractivity contribution in [1.29, 1.82) is 0 Å². The van der Waals surface area contributed by atoms with Crippen molar-refractivity contribution in [2.24, 2.45) is 0 Å². The summed E-state index contributed by atoms with van der Waals surface area (Å²) in [4.78, 5) is 37.9. The molecule has 0 radical (unpaired) electrons. The first-order valence-corrected chi connectivity index (χ1v) is 33.5. The van der Waals surface area contributed by atoms with Gasteiger partial charge >= 0.3 is 17.9 Å². The van der Waals surface area contributed by atoms with E-state index in [0.29, 0.717) is 19.3 Å². The predicted molar refractivity (Wildman–Crippen MR) is 326 cm³/mol. The van der Waals surface area contributed by atoms with E-state index in [2.05, 4.69) is 57.2 Å². The Morgan fingerprint density at radius 3 is 0.760 bits per heavy atom. The summed E-state index contributed by atoms with van der Waals surface area (Å²) in [5.74, 6) is -0.879. The Morgan fingerprint density at radius 2 is 0.480 bits per heavy atom. The molecule has 0 saturated carbocycles. The van der Waals surface area contributed by atoms with Crippen LogP contribution in [0.1, 0.15) is 367 Å². The van der Waals surface area contributed by atoms with Gasteiger partial charge in [-0.2, -0.15) is 0 Å². The molecule has 0 fully saturated rings. The highest BCUT2D eigenvalue weighted by Gasteiger charge is 2.19. The Hall–Kier alpha value is -2.37. The number of hydrogen-bond acceptors (Lipinski definition) is 6. The van der Waals surface area contributed by atoms with E-state index in [4.69, 9.17) is 14.2 Å². The van der Waals surface area contributed by atoms with Crippen molar-refractivity contribution in [1.82, 2.24) is 0 Å². The maximum Gasteiger partial charge on any atom is 0.306 e. The summed E-state index contributed by atoms with van der Waals surface area (Å²) in [7, 11) is 0. The zero-order valence-electron chi connectivity index (χ0n) is 50.6.